The topological polar surface area (TPSA) is 138 Å². The summed E-state index contributed by atoms with van der Waals surface area (Å²) in [6.07, 6.45) is -1.34. The maximum Gasteiger partial charge on any atom is 0.410 e. The van der Waals surface area contributed by atoms with Gasteiger partial charge in [0.25, 0.3) is 0 Å². The summed E-state index contributed by atoms with van der Waals surface area (Å²) < 4.78 is 18.2. The molecule has 0 spiro atoms. The van der Waals surface area contributed by atoms with Crippen LogP contribution < -0.4 is 10.3 Å². The van der Waals surface area contributed by atoms with E-state index in [1.165, 1.54) is 36.3 Å². The second-order valence-electron chi connectivity index (χ2n) is 13.0. The molecule has 0 saturated heterocycles. The molecule has 1 amide bonds. The number of phenolic OH excluding ortho intramolecular Hbond substituents is 1. The van der Waals surface area contributed by atoms with Crippen LogP contribution in [0.4, 0.5) is 4.79 Å². The number of nitrogens with zero attached hydrogens (tertiary/aromatic N) is 1. The number of benzene rings is 2. The van der Waals surface area contributed by atoms with Gasteiger partial charge in [0.1, 0.15) is 17.1 Å². The summed E-state index contributed by atoms with van der Waals surface area (Å²) in [5.41, 5.74) is 0.0733. The molecule has 1 heterocycles. The van der Waals surface area contributed by atoms with E-state index in [2.05, 4.69) is 38.8 Å². The number of carboxylic acid groups (broad SMARTS) is 1. The molecule has 0 aliphatic rings. The molecule has 0 saturated carbocycles. The van der Waals surface area contributed by atoms with Crippen LogP contribution in [0.1, 0.15) is 69.1 Å². The maximum atomic E-state index is 13.7. The molecule has 3 rings (SSSR count). The highest BCUT2D eigenvalue weighted by atomic mass is 35.5. The van der Waals surface area contributed by atoms with Crippen LogP contribution in [-0.4, -0.2) is 59.7 Å². The number of pyridine rings is 1. The molecule has 12 heteroatoms. The fraction of sp³-hybridized carbons (Fsp3) is 0.452. The maximum absolute atomic E-state index is 13.7. The van der Waals surface area contributed by atoms with E-state index in [1.807, 2.05) is 0 Å². The molecule has 3 aromatic rings. The molecule has 0 fully saturated rings. The lowest BCUT2D eigenvalue weighted by Crippen LogP contribution is -2.45. The van der Waals surface area contributed by atoms with Crippen molar-refractivity contribution in [3.8, 4) is 11.5 Å². The predicted octanol–water partition coefficient (Wildman–Crippen LogP) is 7.09. The first-order valence-electron chi connectivity index (χ1n) is 13.8. The van der Waals surface area contributed by atoms with Crippen molar-refractivity contribution in [2.24, 2.45) is 0 Å². The number of phenols is 1. The molecular weight excluding hydrogens is 592 g/mol. The van der Waals surface area contributed by atoms with Gasteiger partial charge in [0.15, 0.2) is 8.32 Å². The quantitative estimate of drug-likeness (QED) is 0.212. The van der Waals surface area contributed by atoms with Gasteiger partial charge in [0.05, 0.1) is 42.4 Å². The Morgan fingerprint density at radius 3 is 2.28 bits per heavy atom. The van der Waals surface area contributed by atoms with Gasteiger partial charge in [-0.25, -0.2) is 9.59 Å². The number of fused-ring (bicyclic) bond motifs is 1. The minimum absolute atomic E-state index is 0.00463. The summed E-state index contributed by atoms with van der Waals surface area (Å²) in [5.74, 6) is -1.06. The first-order valence-corrected chi connectivity index (χ1v) is 17.1. The summed E-state index contributed by atoms with van der Waals surface area (Å²) in [7, 11) is -1.07. The zero-order valence-corrected chi connectivity index (χ0v) is 27.9. The first-order chi connectivity index (χ1) is 19.7. The fourth-order valence-corrected chi connectivity index (χ4v) is 5.81. The average Bonchev–Trinajstić information content (AvgIpc) is 2.86. The Morgan fingerprint density at radius 2 is 1.72 bits per heavy atom. The number of ether oxygens (including phenoxy) is 2. The zero-order valence-electron chi connectivity index (χ0n) is 26.1. The van der Waals surface area contributed by atoms with Crippen molar-refractivity contribution in [1.29, 1.82) is 0 Å². The van der Waals surface area contributed by atoms with Gasteiger partial charge in [-0.15, -0.1) is 0 Å². The van der Waals surface area contributed by atoms with Gasteiger partial charge in [-0.2, -0.15) is 0 Å². The number of aromatic carboxylic acids is 1. The van der Waals surface area contributed by atoms with E-state index in [1.54, 1.807) is 32.9 Å². The third-order valence-electron chi connectivity index (χ3n) is 7.50. The number of rotatable bonds is 9. The number of halogens is 1. The highest BCUT2D eigenvalue weighted by Gasteiger charge is 2.41. The van der Waals surface area contributed by atoms with Gasteiger partial charge in [0.2, 0.25) is 5.56 Å². The number of aromatic amines is 1. The number of carbonyl (C=O) groups is 2. The largest absolute Gasteiger partial charge is 0.506 e. The molecule has 234 valence electrons. The standard InChI is InChI=1S/C31H41ClN2O8Si/c1-30(2,3)41-29(39)34(16-18-14-22(32)21(28(37)38)15-24(18)40-7)17-25(42-43(8,9)31(4,5)6)19-10-12-23(35)27-20(19)11-13-26(36)33-27/h10-15,25,35H,16-17H2,1-9H3,(H,33,36)(H,37,38). The van der Waals surface area contributed by atoms with Crippen LogP contribution in [0.5, 0.6) is 11.5 Å². The van der Waals surface area contributed by atoms with Crippen LogP contribution in [-0.2, 0) is 15.7 Å². The highest BCUT2D eigenvalue weighted by Crippen LogP contribution is 2.42. The van der Waals surface area contributed by atoms with Crippen molar-refractivity contribution in [2.45, 2.75) is 77.9 Å². The number of methoxy groups -OCH3 is 1. The number of amides is 1. The summed E-state index contributed by atoms with van der Waals surface area (Å²) in [6.45, 7) is 15.7. The number of nitrogens with one attached hydrogen (secondary N) is 1. The van der Waals surface area contributed by atoms with E-state index in [0.29, 0.717) is 16.5 Å². The number of carboxylic acids is 1. The molecule has 1 aromatic heterocycles. The Kier molecular flexibility index (Phi) is 9.94. The van der Waals surface area contributed by atoms with Crippen LogP contribution in [0, 0.1) is 0 Å². The Labute approximate surface area is 257 Å². The van der Waals surface area contributed by atoms with Gasteiger partial charge in [0, 0.05) is 17.0 Å². The molecule has 0 aliphatic heterocycles. The first kappa shape index (κ1) is 34.0. The summed E-state index contributed by atoms with van der Waals surface area (Å²) >= 11 is 6.31. The second-order valence-corrected chi connectivity index (χ2v) is 18.1. The van der Waals surface area contributed by atoms with Crippen molar-refractivity contribution in [2.75, 3.05) is 13.7 Å². The number of carbonyl (C=O) groups excluding carboxylic acids is 1. The van der Waals surface area contributed by atoms with E-state index in [4.69, 9.17) is 25.5 Å². The van der Waals surface area contributed by atoms with Crippen molar-refractivity contribution in [1.82, 2.24) is 9.88 Å². The highest BCUT2D eigenvalue weighted by molar-refractivity contribution is 6.74. The van der Waals surface area contributed by atoms with Gasteiger partial charge >= 0.3 is 12.1 Å². The van der Waals surface area contributed by atoms with Crippen molar-refractivity contribution < 1.29 is 33.7 Å². The number of hydrogen-bond donors (Lipinski definition) is 3. The van der Waals surface area contributed by atoms with Crippen LogP contribution in [0.3, 0.4) is 0 Å². The number of aromatic nitrogens is 1. The number of H-pyrrole nitrogens is 1. The lowest BCUT2D eigenvalue weighted by Gasteiger charge is -2.41. The van der Waals surface area contributed by atoms with E-state index in [0.717, 1.165) is 0 Å². The lowest BCUT2D eigenvalue weighted by molar-refractivity contribution is 0.0136. The van der Waals surface area contributed by atoms with E-state index >= 15 is 0 Å². The molecule has 0 aliphatic carbocycles. The molecule has 0 bridgehead atoms. The lowest BCUT2D eigenvalue weighted by atomic mass is 10.0. The summed E-state index contributed by atoms with van der Waals surface area (Å²) in [5, 5.41) is 20.5. The minimum Gasteiger partial charge on any atom is -0.506 e. The van der Waals surface area contributed by atoms with E-state index < -0.39 is 32.1 Å². The van der Waals surface area contributed by atoms with Gasteiger partial charge in [-0.1, -0.05) is 38.4 Å². The molecule has 43 heavy (non-hydrogen) atoms. The summed E-state index contributed by atoms with van der Waals surface area (Å²) in [6, 6.07) is 8.99. The molecular formula is C31H41ClN2O8Si. The second kappa shape index (κ2) is 12.6. The fourth-order valence-electron chi connectivity index (χ4n) is 4.28. The van der Waals surface area contributed by atoms with Gasteiger partial charge in [-0.05, 0) is 68.7 Å². The Morgan fingerprint density at radius 1 is 1.07 bits per heavy atom. The Balaban J connectivity index is 2.21. The van der Waals surface area contributed by atoms with E-state index in [-0.39, 0.29) is 51.3 Å². The van der Waals surface area contributed by atoms with Crippen molar-refractivity contribution in [3.05, 3.63) is 68.5 Å². The average molecular weight is 633 g/mol. The monoisotopic (exact) mass is 632 g/mol. The van der Waals surface area contributed by atoms with Crippen LogP contribution >= 0.6 is 11.6 Å². The van der Waals surface area contributed by atoms with Crippen molar-refractivity contribution >= 4 is 42.9 Å². The van der Waals surface area contributed by atoms with Gasteiger partial charge in [-0.3, -0.25) is 4.79 Å². The summed E-state index contributed by atoms with van der Waals surface area (Å²) in [4.78, 5) is 41.7. The molecule has 0 radical (unpaired) electrons. The molecule has 1 atom stereocenters. The smallest absolute Gasteiger partial charge is 0.410 e. The predicted molar refractivity (Wildman–Crippen MR) is 169 cm³/mol. The van der Waals surface area contributed by atoms with E-state index in [9.17, 15) is 24.6 Å². The molecule has 3 N–H and O–H groups in total. The van der Waals surface area contributed by atoms with Crippen LogP contribution in [0.15, 0.2) is 41.2 Å². The third-order valence-corrected chi connectivity index (χ3v) is 12.3. The minimum atomic E-state index is -2.47. The van der Waals surface area contributed by atoms with Crippen molar-refractivity contribution in [3.63, 3.8) is 0 Å². The molecule has 1 unspecified atom stereocenters. The Bertz CT molecular complexity index is 1570. The number of aromatic hydroxyl groups is 1. The molecule has 10 nitrogen and oxygen atoms in total. The van der Waals surface area contributed by atoms with Crippen LogP contribution in [0.2, 0.25) is 23.2 Å². The SMILES string of the molecule is COc1cc(C(=O)O)c(Cl)cc1CN(CC(O[Si](C)(C)C(C)(C)C)c1ccc(O)c2[nH]c(=O)ccc12)C(=O)OC(C)(C)C. The van der Waals surface area contributed by atoms with Gasteiger partial charge < -0.3 is 34.0 Å². The third kappa shape index (κ3) is 8.10. The normalized spacial score (nSPS) is 13.1. The Hall–Kier alpha value is -3.54. The molecule has 2 aromatic carbocycles. The van der Waals surface area contributed by atoms with Crippen LogP contribution in [0.25, 0.3) is 10.9 Å². The zero-order chi connectivity index (χ0) is 32.5. The number of hydrogen-bond acceptors (Lipinski definition) is 7.